The van der Waals surface area contributed by atoms with Crippen molar-refractivity contribution in [1.82, 2.24) is 4.98 Å². The van der Waals surface area contributed by atoms with Crippen LogP contribution < -0.4 is 15.4 Å². The number of nitrogens with one attached hydrogen (secondary N) is 2. The highest BCUT2D eigenvalue weighted by molar-refractivity contribution is 6.42. The summed E-state index contributed by atoms with van der Waals surface area (Å²) in [6.07, 6.45) is 1.50. The average molecular weight is 388 g/mol. The van der Waals surface area contributed by atoms with Gasteiger partial charge in [0.15, 0.2) is 0 Å². The molecule has 0 saturated heterocycles. The van der Waals surface area contributed by atoms with Gasteiger partial charge in [-0.1, -0.05) is 23.2 Å². The number of pyridine rings is 1. The highest BCUT2D eigenvalue weighted by Crippen LogP contribution is 2.25. The minimum atomic E-state index is -0.285. The molecule has 0 saturated carbocycles. The summed E-state index contributed by atoms with van der Waals surface area (Å²) in [7, 11) is 1.62. The summed E-state index contributed by atoms with van der Waals surface area (Å²) < 4.78 is 5.12. The van der Waals surface area contributed by atoms with Gasteiger partial charge in [0.2, 0.25) is 0 Å². The van der Waals surface area contributed by atoms with Gasteiger partial charge in [-0.2, -0.15) is 0 Å². The highest BCUT2D eigenvalue weighted by atomic mass is 35.5. The molecule has 0 spiro atoms. The molecule has 0 fully saturated rings. The maximum Gasteiger partial charge on any atom is 0.257 e. The van der Waals surface area contributed by atoms with Crippen LogP contribution in [0, 0.1) is 0 Å². The summed E-state index contributed by atoms with van der Waals surface area (Å²) in [5.41, 5.74) is 1.85. The lowest BCUT2D eigenvalue weighted by Crippen LogP contribution is -2.12. The molecule has 0 aliphatic rings. The largest absolute Gasteiger partial charge is 0.497 e. The lowest BCUT2D eigenvalue weighted by atomic mass is 10.2. The Morgan fingerprint density at radius 3 is 2.31 bits per heavy atom. The number of halogens is 2. The van der Waals surface area contributed by atoms with E-state index in [1.54, 1.807) is 37.4 Å². The predicted octanol–water partition coefficient (Wildman–Crippen LogP) is 5.39. The number of benzene rings is 2. The first-order chi connectivity index (χ1) is 12.5. The number of methoxy groups -OCH3 is 1. The second-order valence-electron chi connectivity index (χ2n) is 5.37. The van der Waals surface area contributed by atoms with Crippen LogP contribution in [0.1, 0.15) is 10.4 Å². The van der Waals surface area contributed by atoms with Crippen LogP contribution in [0.5, 0.6) is 5.75 Å². The van der Waals surface area contributed by atoms with Gasteiger partial charge in [0, 0.05) is 17.6 Å². The Morgan fingerprint density at radius 1 is 0.962 bits per heavy atom. The number of rotatable bonds is 5. The second kappa shape index (κ2) is 8.08. The quantitative estimate of drug-likeness (QED) is 0.615. The van der Waals surface area contributed by atoms with Crippen LogP contribution in [0.3, 0.4) is 0 Å². The molecule has 1 amide bonds. The summed E-state index contributed by atoms with van der Waals surface area (Å²) in [4.78, 5) is 16.5. The summed E-state index contributed by atoms with van der Waals surface area (Å²) >= 11 is 11.8. The van der Waals surface area contributed by atoms with Crippen LogP contribution in [0.2, 0.25) is 10.0 Å². The van der Waals surface area contributed by atoms with E-state index in [1.165, 1.54) is 6.20 Å². The van der Waals surface area contributed by atoms with Gasteiger partial charge >= 0.3 is 0 Å². The van der Waals surface area contributed by atoms with Crippen LogP contribution in [0.25, 0.3) is 0 Å². The predicted molar refractivity (Wildman–Crippen MR) is 105 cm³/mol. The molecule has 2 aromatic carbocycles. The number of aromatic nitrogens is 1. The van der Waals surface area contributed by atoms with Crippen molar-refractivity contribution >= 4 is 46.3 Å². The first-order valence-electron chi connectivity index (χ1n) is 7.69. The Bertz CT molecular complexity index is 913. The Balaban J connectivity index is 1.66. The van der Waals surface area contributed by atoms with Gasteiger partial charge in [0.1, 0.15) is 11.6 Å². The van der Waals surface area contributed by atoms with E-state index in [0.29, 0.717) is 27.1 Å². The SMILES string of the molecule is COc1ccc(Nc2ccc(C(=O)Nc3ccc(Cl)c(Cl)c3)cn2)cc1. The molecule has 1 aromatic heterocycles. The molecule has 0 radical (unpaired) electrons. The molecule has 3 rings (SSSR count). The number of amides is 1. The van der Waals surface area contributed by atoms with E-state index >= 15 is 0 Å². The number of ether oxygens (including phenoxy) is 1. The average Bonchev–Trinajstić information content (AvgIpc) is 2.66. The fourth-order valence-corrected chi connectivity index (χ4v) is 2.50. The zero-order chi connectivity index (χ0) is 18.5. The van der Waals surface area contributed by atoms with Crippen LogP contribution >= 0.6 is 23.2 Å². The van der Waals surface area contributed by atoms with E-state index in [4.69, 9.17) is 27.9 Å². The first kappa shape index (κ1) is 18.0. The third-order valence-corrected chi connectivity index (χ3v) is 4.30. The van der Waals surface area contributed by atoms with Gasteiger partial charge in [0.05, 0.1) is 22.7 Å². The Hall–Kier alpha value is -2.76. The van der Waals surface area contributed by atoms with Gasteiger partial charge in [-0.15, -0.1) is 0 Å². The van der Waals surface area contributed by atoms with Crippen molar-refractivity contribution < 1.29 is 9.53 Å². The van der Waals surface area contributed by atoms with Gasteiger partial charge in [-0.25, -0.2) is 4.98 Å². The lowest BCUT2D eigenvalue weighted by molar-refractivity contribution is 0.102. The Labute approximate surface area is 160 Å². The monoisotopic (exact) mass is 387 g/mol. The number of carbonyl (C=O) groups excluding carboxylic acids is 1. The van der Waals surface area contributed by atoms with Crippen molar-refractivity contribution in [3.05, 3.63) is 76.4 Å². The van der Waals surface area contributed by atoms with Crippen molar-refractivity contribution in [1.29, 1.82) is 0 Å². The number of carbonyl (C=O) groups is 1. The molecular weight excluding hydrogens is 373 g/mol. The number of hydrogen-bond donors (Lipinski definition) is 2. The molecule has 132 valence electrons. The van der Waals surface area contributed by atoms with E-state index in [0.717, 1.165) is 11.4 Å². The van der Waals surface area contributed by atoms with Crippen LogP contribution in [-0.2, 0) is 0 Å². The maximum absolute atomic E-state index is 12.3. The summed E-state index contributed by atoms with van der Waals surface area (Å²) in [6, 6.07) is 15.8. The zero-order valence-corrected chi connectivity index (χ0v) is 15.3. The van der Waals surface area contributed by atoms with E-state index < -0.39 is 0 Å². The highest BCUT2D eigenvalue weighted by Gasteiger charge is 2.08. The second-order valence-corrected chi connectivity index (χ2v) is 6.18. The molecule has 0 aliphatic heterocycles. The molecule has 0 bridgehead atoms. The number of nitrogens with zero attached hydrogens (tertiary/aromatic N) is 1. The minimum absolute atomic E-state index is 0.285. The van der Waals surface area contributed by atoms with Crippen LogP contribution in [0.4, 0.5) is 17.2 Å². The summed E-state index contributed by atoms with van der Waals surface area (Å²) in [5.74, 6) is 1.12. The normalized spacial score (nSPS) is 10.3. The van der Waals surface area contributed by atoms with E-state index in [-0.39, 0.29) is 5.91 Å². The molecule has 5 nitrogen and oxygen atoms in total. The van der Waals surface area contributed by atoms with E-state index in [9.17, 15) is 4.79 Å². The number of hydrogen-bond acceptors (Lipinski definition) is 4. The Kier molecular flexibility index (Phi) is 5.61. The molecular formula is C19H15Cl2N3O2. The molecule has 0 aliphatic carbocycles. The topological polar surface area (TPSA) is 63.2 Å². The lowest BCUT2D eigenvalue weighted by Gasteiger charge is -2.08. The van der Waals surface area contributed by atoms with Crippen LogP contribution in [0.15, 0.2) is 60.8 Å². The molecule has 2 N–H and O–H groups in total. The molecule has 1 heterocycles. The fourth-order valence-electron chi connectivity index (χ4n) is 2.20. The minimum Gasteiger partial charge on any atom is -0.497 e. The van der Waals surface area contributed by atoms with Crippen molar-refractivity contribution in [3.8, 4) is 5.75 Å². The van der Waals surface area contributed by atoms with Gasteiger partial charge in [0.25, 0.3) is 5.91 Å². The molecule has 0 unspecified atom stereocenters. The van der Waals surface area contributed by atoms with Crippen LogP contribution in [-0.4, -0.2) is 18.0 Å². The Morgan fingerprint density at radius 2 is 1.69 bits per heavy atom. The number of anilines is 3. The van der Waals surface area contributed by atoms with Crippen molar-refractivity contribution in [3.63, 3.8) is 0 Å². The smallest absolute Gasteiger partial charge is 0.257 e. The maximum atomic E-state index is 12.3. The molecule has 7 heteroatoms. The van der Waals surface area contributed by atoms with Gasteiger partial charge in [-0.05, 0) is 54.6 Å². The summed E-state index contributed by atoms with van der Waals surface area (Å²) in [5, 5.41) is 6.71. The van der Waals surface area contributed by atoms with E-state index in [1.807, 2.05) is 24.3 Å². The third kappa shape index (κ3) is 4.45. The van der Waals surface area contributed by atoms with Gasteiger partial charge < -0.3 is 15.4 Å². The summed E-state index contributed by atoms with van der Waals surface area (Å²) in [6.45, 7) is 0. The van der Waals surface area contributed by atoms with E-state index in [2.05, 4.69) is 15.6 Å². The van der Waals surface area contributed by atoms with Gasteiger partial charge in [-0.3, -0.25) is 4.79 Å². The van der Waals surface area contributed by atoms with Crippen molar-refractivity contribution in [2.45, 2.75) is 0 Å². The zero-order valence-electron chi connectivity index (χ0n) is 13.8. The molecule has 26 heavy (non-hydrogen) atoms. The molecule has 0 atom stereocenters. The standard InChI is InChI=1S/C19H15Cl2N3O2/c1-26-15-6-3-13(4-7-15)23-18-9-2-12(11-22-18)19(25)24-14-5-8-16(20)17(21)10-14/h2-11H,1H3,(H,22,23)(H,24,25). The molecule has 3 aromatic rings. The fraction of sp³-hybridized carbons (Fsp3) is 0.0526. The van der Waals surface area contributed by atoms with Crippen molar-refractivity contribution in [2.24, 2.45) is 0 Å². The third-order valence-electron chi connectivity index (χ3n) is 3.57. The first-order valence-corrected chi connectivity index (χ1v) is 8.44. The van der Waals surface area contributed by atoms with Crippen molar-refractivity contribution in [2.75, 3.05) is 17.7 Å².